The lowest BCUT2D eigenvalue weighted by Gasteiger charge is -2.12. The van der Waals surface area contributed by atoms with Crippen molar-refractivity contribution in [3.63, 3.8) is 0 Å². The number of hydrogen-bond donors (Lipinski definition) is 2. The van der Waals surface area contributed by atoms with E-state index in [2.05, 4.69) is 31.4 Å². The Hall–Kier alpha value is -0.0800. The first kappa shape index (κ1) is 11.9. The summed E-state index contributed by atoms with van der Waals surface area (Å²) in [5.74, 6) is 0. The molecule has 74 valence electrons. The summed E-state index contributed by atoms with van der Waals surface area (Å²) in [6.45, 7) is 10.0. The molecule has 0 spiro atoms. The van der Waals surface area contributed by atoms with Gasteiger partial charge in [-0.05, 0) is 26.3 Å². The van der Waals surface area contributed by atoms with Crippen molar-refractivity contribution in [3.05, 3.63) is 0 Å². The van der Waals surface area contributed by atoms with E-state index < -0.39 is 0 Å². The smallest absolute Gasteiger partial charge is 0.00792 e. The van der Waals surface area contributed by atoms with Crippen LogP contribution >= 0.6 is 0 Å². The van der Waals surface area contributed by atoms with Gasteiger partial charge in [-0.15, -0.1) is 0 Å². The fourth-order valence-electron chi connectivity index (χ4n) is 1.24. The summed E-state index contributed by atoms with van der Waals surface area (Å²) in [7, 11) is 0. The van der Waals surface area contributed by atoms with Crippen LogP contribution in [0, 0.1) is 0 Å². The zero-order valence-corrected chi connectivity index (χ0v) is 8.82. The zero-order chi connectivity index (χ0) is 9.23. The van der Waals surface area contributed by atoms with Crippen molar-refractivity contribution in [3.8, 4) is 0 Å². The summed E-state index contributed by atoms with van der Waals surface area (Å²) in [5, 5.41) is 6.85. The molecular weight excluding hydrogens is 148 g/mol. The molecule has 1 atom stereocenters. The monoisotopic (exact) mass is 172 g/mol. The van der Waals surface area contributed by atoms with Crippen molar-refractivity contribution in [2.45, 2.75) is 46.1 Å². The maximum atomic E-state index is 3.48. The Balaban J connectivity index is 2.97. The van der Waals surface area contributed by atoms with E-state index >= 15 is 0 Å². The van der Waals surface area contributed by atoms with Crippen LogP contribution in [0.3, 0.4) is 0 Å². The van der Waals surface area contributed by atoms with Crippen molar-refractivity contribution in [1.29, 1.82) is 0 Å². The molecule has 2 nitrogen and oxygen atoms in total. The zero-order valence-electron chi connectivity index (χ0n) is 8.82. The van der Waals surface area contributed by atoms with Crippen molar-refractivity contribution >= 4 is 0 Å². The number of nitrogens with one attached hydrogen (secondary N) is 2. The summed E-state index contributed by atoms with van der Waals surface area (Å²) in [4.78, 5) is 0. The molecule has 0 radical (unpaired) electrons. The highest BCUT2D eigenvalue weighted by molar-refractivity contribution is 4.60. The largest absolute Gasteiger partial charge is 0.315 e. The maximum Gasteiger partial charge on any atom is 0.00792 e. The normalized spacial score (nSPS) is 13.2. The van der Waals surface area contributed by atoms with Crippen LogP contribution in [0.25, 0.3) is 0 Å². The predicted octanol–water partition coefficient (Wildman–Crippen LogP) is 1.76. The van der Waals surface area contributed by atoms with E-state index in [1.807, 2.05) is 0 Å². The topological polar surface area (TPSA) is 24.1 Å². The highest BCUT2D eigenvalue weighted by Gasteiger charge is 1.96. The molecule has 0 amide bonds. The molecule has 2 N–H and O–H groups in total. The fraction of sp³-hybridized carbons (Fsp3) is 1.00. The van der Waals surface area contributed by atoms with Crippen LogP contribution in [0.15, 0.2) is 0 Å². The second kappa shape index (κ2) is 9.01. The van der Waals surface area contributed by atoms with Gasteiger partial charge in [0, 0.05) is 19.1 Å². The summed E-state index contributed by atoms with van der Waals surface area (Å²) < 4.78 is 0. The summed E-state index contributed by atoms with van der Waals surface area (Å²) in [5.41, 5.74) is 0. The standard InChI is InChI=1S/C10H24N2/c1-4-6-10(3)12-9-8-11-7-5-2/h10-12H,4-9H2,1-3H3. The Bertz CT molecular complexity index is 83.9. The van der Waals surface area contributed by atoms with Gasteiger partial charge in [0.1, 0.15) is 0 Å². The minimum atomic E-state index is 0.679. The molecule has 0 aliphatic rings. The number of hydrogen-bond acceptors (Lipinski definition) is 2. The van der Waals surface area contributed by atoms with Crippen molar-refractivity contribution in [2.75, 3.05) is 19.6 Å². The average molecular weight is 172 g/mol. The summed E-state index contributed by atoms with van der Waals surface area (Å²) in [6, 6.07) is 0.679. The van der Waals surface area contributed by atoms with Gasteiger partial charge in [0.05, 0.1) is 0 Å². The van der Waals surface area contributed by atoms with Crippen LogP contribution in [0.2, 0.25) is 0 Å². The minimum Gasteiger partial charge on any atom is -0.315 e. The van der Waals surface area contributed by atoms with Gasteiger partial charge in [-0.1, -0.05) is 20.3 Å². The molecule has 12 heavy (non-hydrogen) atoms. The van der Waals surface area contributed by atoms with Gasteiger partial charge in [-0.2, -0.15) is 0 Å². The van der Waals surface area contributed by atoms with Gasteiger partial charge in [-0.25, -0.2) is 0 Å². The van der Waals surface area contributed by atoms with E-state index in [0.717, 1.165) is 19.6 Å². The first-order chi connectivity index (χ1) is 5.81. The molecule has 0 aromatic rings. The molecule has 2 heteroatoms. The Morgan fingerprint density at radius 2 is 1.75 bits per heavy atom. The van der Waals surface area contributed by atoms with E-state index in [0.29, 0.717) is 6.04 Å². The molecule has 1 unspecified atom stereocenters. The molecule has 0 aliphatic heterocycles. The predicted molar refractivity (Wildman–Crippen MR) is 55.5 cm³/mol. The first-order valence-corrected chi connectivity index (χ1v) is 5.25. The molecule has 0 fully saturated rings. The lowest BCUT2D eigenvalue weighted by molar-refractivity contribution is 0.497. The second-order valence-electron chi connectivity index (χ2n) is 3.39. The molecule has 0 aromatic carbocycles. The Morgan fingerprint density at radius 1 is 1.00 bits per heavy atom. The highest BCUT2D eigenvalue weighted by atomic mass is 15.0. The third kappa shape index (κ3) is 8.02. The van der Waals surface area contributed by atoms with Crippen molar-refractivity contribution in [2.24, 2.45) is 0 Å². The quantitative estimate of drug-likeness (QED) is 0.545. The average Bonchev–Trinajstić information content (AvgIpc) is 2.05. The fourth-order valence-corrected chi connectivity index (χ4v) is 1.24. The summed E-state index contributed by atoms with van der Waals surface area (Å²) >= 11 is 0. The number of rotatable bonds is 8. The lowest BCUT2D eigenvalue weighted by atomic mass is 10.2. The van der Waals surface area contributed by atoms with Crippen LogP contribution in [-0.2, 0) is 0 Å². The molecular formula is C10H24N2. The maximum absolute atomic E-state index is 3.48. The Labute approximate surface area is 77.1 Å². The van der Waals surface area contributed by atoms with Crippen LogP contribution in [0.4, 0.5) is 0 Å². The van der Waals surface area contributed by atoms with Gasteiger partial charge < -0.3 is 10.6 Å². The van der Waals surface area contributed by atoms with Crippen LogP contribution in [-0.4, -0.2) is 25.7 Å². The van der Waals surface area contributed by atoms with Gasteiger partial charge in [0.25, 0.3) is 0 Å². The molecule has 0 aliphatic carbocycles. The van der Waals surface area contributed by atoms with Gasteiger partial charge in [0.2, 0.25) is 0 Å². The molecule has 0 bridgehead atoms. The third-order valence-electron chi connectivity index (χ3n) is 1.94. The van der Waals surface area contributed by atoms with E-state index in [4.69, 9.17) is 0 Å². The molecule has 0 aromatic heterocycles. The van der Waals surface area contributed by atoms with Gasteiger partial charge >= 0.3 is 0 Å². The molecule has 0 rings (SSSR count). The Kier molecular flexibility index (Phi) is 8.95. The Morgan fingerprint density at radius 3 is 2.33 bits per heavy atom. The molecule has 0 heterocycles. The van der Waals surface area contributed by atoms with E-state index in [-0.39, 0.29) is 0 Å². The van der Waals surface area contributed by atoms with Crippen LogP contribution < -0.4 is 10.6 Å². The SMILES string of the molecule is CCCNCCNC(C)CCC. The highest BCUT2D eigenvalue weighted by Crippen LogP contribution is 1.92. The third-order valence-corrected chi connectivity index (χ3v) is 1.94. The van der Waals surface area contributed by atoms with Crippen LogP contribution in [0.5, 0.6) is 0 Å². The summed E-state index contributed by atoms with van der Waals surface area (Å²) in [6.07, 6.45) is 3.79. The van der Waals surface area contributed by atoms with Gasteiger partial charge in [0.15, 0.2) is 0 Å². The van der Waals surface area contributed by atoms with Crippen molar-refractivity contribution in [1.82, 2.24) is 10.6 Å². The molecule has 0 saturated heterocycles. The van der Waals surface area contributed by atoms with Gasteiger partial charge in [-0.3, -0.25) is 0 Å². The van der Waals surface area contributed by atoms with E-state index in [1.54, 1.807) is 0 Å². The lowest BCUT2D eigenvalue weighted by Crippen LogP contribution is -2.33. The minimum absolute atomic E-state index is 0.679. The second-order valence-corrected chi connectivity index (χ2v) is 3.39. The molecule has 0 saturated carbocycles. The first-order valence-electron chi connectivity index (χ1n) is 5.25. The van der Waals surface area contributed by atoms with E-state index in [9.17, 15) is 0 Å². The van der Waals surface area contributed by atoms with Crippen molar-refractivity contribution < 1.29 is 0 Å². The van der Waals surface area contributed by atoms with E-state index in [1.165, 1.54) is 19.3 Å². The van der Waals surface area contributed by atoms with Crippen LogP contribution in [0.1, 0.15) is 40.0 Å².